The van der Waals surface area contributed by atoms with Gasteiger partial charge in [-0.3, -0.25) is 4.79 Å². The van der Waals surface area contributed by atoms with E-state index in [1.807, 2.05) is 32.0 Å². The number of nitrogens with zero attached hydrogens (tertiary/aromatic N) is 1. The van der Waals surface area contributed by atoms with Crippen LogP contribution < -0.4 is 20.7 Å². The number of nitrogen functional groups attached to an aromatic ring is 1. The maximum atomic E-state index is 12.0. The summed E-state index contributed by atoms with van der Waals surface area (Å²) >= 11 is 0. The summed E-state index contributed by atoms with van der Waals surface area (Å²) in [4.78, 5) is 14.1. The van der Waals surface area contributed by atoms with Crippen LogP contribution in [0.15, 0.2) is 18.2 Å². The van der Waals surface area contributed by atoms with E-state index in [1.54, 1.807) is 7.05 Å². The molecule has 0 spiro atoms. The molecule has 0 bridgehead atoms. The standard InChI is InChI=1S/C15H23N3O2/c1-4-20-12-7-5-6-11(13(12)16)18-9-8-15(2,10-18)14(19)17-3/h5-7H,4,8-10,16H2,1-3H3,(H,17,19). The van der Waals surface area contributed by atoms with Crippen molar-refractivity contribution in [1.29, 1.82) is 0 Å². The highest BCUT2D eigenvalue weighted by molar-refractivity contribution is 5.84. The second kappa shape index (κ2) is 5.61. The number of benzene rings is 1. The topological polar surface area (TPSA) is 67.6 Å². The third-order valence-electron chi connectivity index (χ3n) is 3.93. The highest BCUT2D eigenvalue weighted by Crippen LogP contribution is 2.38. The number of hydrogen-bond acceptors (Lipinski definition) is 4. The summed E-state index contributed by atoms with van der Waals surface area (Å²) in [6, 6.07) is 5.79. The number of rotatable bonds is 4. The van der Waals surface area contributed by atoms with Crippen molar-refractivity contribution in [3.8, 4) is 5.75 Å². The molecule has 2 rings (SSSR count). The first-order valence-corrected chi connectivity index (χ1v) is 7.00. The molecule has 0 aromatic heterocycles. The Morgan fingerprint density at radius 3 is 2.95 bits per heavy atom. The molecule has 1 fully saturated rings. The minimum absolute atomic E-state index is 0.0829. The van der Waals surface area contributed by atoms with E-state index in [0.717, 1.165) is 18.7 Å². The predicted molar refractivity (Wildman–Crippen MR) is 81.0 cm³/mol. The van der Waals surface area contributed by atoms with Gasteiger partial charge in [-0.25, -0.2) is 0 Å². The smallest absolute Gasteiger partial charge is 0.227 e. The Kier molecular flexibility index (Phi) is 4.06. The largest absolute Gasteiger partial charge is 0.492 e. The zero-order valence-corrected chi connectivity index (χ0v) is 12.4. The van der Waals surface area contributed by atoms with Crippen LogP contribution in [0.2, 0.25) is 0 Å². The molecule has 20 heavy (non-hydrogen) atoms. The molecule has 1 aromatic rings. The van der Waals surface area contributed by atoms with Crippen LogP contribution in [0, 0.1) is 5.41 Å². The maximum Gasteiger partial charge on any atom is 0.227 e. The fraction of sp³-hybridized carbons (Fsp3) is 0.533. The minimum atomic E-state index is -0.358. The average Bonchev–Trinajstić information content (AvgIpc) is 2.84. The Balaban J connectivity index is 2.22. The fourth-order valence-corrected chi connectivity index (χ4v) is 2.74. The van der Waals surface area contributed by atoms with Crippen molar-refractivity contribution in [2.75, 3.05) is 37.4 Å². The number of nitrogens with one attached hydrogen (secondary N) is 1. The number of hydrogen-bond donors (Lipinski definition) is 2. The summed E-state index contributed by atoms with van der Waals surface area (Å²) in [5.74, 6) is 0.790. The van der Waals surface area contributed by atoms with E-state index in [9.17, 15) is 4.79 Å². The molecular formula is C15H23N3O2. The molecule has 1 unspecified atom stereocenters. The fourth-order valence-electron chi connectivity index (χ4n) is 2.74. The number of ether oxygens (including phenoxy) is 1. The first kappa shape index (κ1) is 14.5. The lowest BCUT2D eigenvalue weighted by Crippen LogP contribution is -2.39. The highest BCUT2D eigenvalue weighted by Gasteiger charge is 2.40. The Labute approximate surface area is 120 Å². The first-order valence-electron chi connectivity index (χ1n) is 7.00. The van der Waals surface area contributed by atoms with Crippen LogP contribution >= 0.6 is 0 Å². The summed E-state index contributed by atoms with van der Waals surface area (Å²) in [6.45, 7) is 6.01. The van der Waals surface area contributed by atoms with Crippen molar-refractivity contribution >= 4 is 17.3 Å². The van der Waals surface area contributed by atoms with E-state index in [4.69, 9.17) is 10.5 Å². The molecule has 5 nitrogen and oxygen atoms in total. The van der Waals surface area contributed by atoms with Crippen molar-refractivity contribution in [2.45, 2.75) is 20.3 Å². The molecular weight excluding hydrogens is 254 g/mol. The van der Waals surface area contributed by atoms with Gasteiger partial charge in [0.25, 0.3) is 0 Å². The van der Waals surface area contributed by atoms with E-state index in [-0.39, 0.29) is 11.3 Å². The number of carbonyl (C=O) groups is 1. The molecule has 110 valence electrons. The number of amides is 1. The normalized spacial score (nSPS) is 21.9. The van der Waals surface area contributed by atoms with Gasteiger partial charge in [0.2, 0.25) is 5.91 Å². The van der Waals surface area contributed by atoms with E-state index in [0.29, 0.717) is 24.6 Å². The molecule has 0 saturated carbocycles. The summed E-state index contributed by atoms with van der Waals surface area (Å²) in [6.07, 6.45) is 0.824. The summed E-state index contributed by atoms with van der Waals surface area (Å²) < 4.78 is 5.53. The van der Waals surface area contributed by atoms with Gasteiger partial charge < -0.3 is 20.7 Å². The van der Waals surface area contributed by atoms with Gasteiger partial charge in [0.1, 0.15) is 5.75 Å². The lowest BCUT2D eigenvalue weighted by molar-refractivity contribution is -0.128. The van der Waals surface area contributed by atoms with Crippen molar-refractivity contribution in [3.05, 3.63) is 18.2 Å². The molecule has 5 heteroatoms. The SMILES string of the molecule is CCOc1cccc(N2CCC(C)(C(=O)NC)C2)c1N. The van der Waals surface area contributed by atoms with E-state index >= 15 is 0 Å². The molecule has 1 saturated heterocycles. The molecule has 1 heterocycles. The Bertz CT molecular complexity index is 504. The van der Waals surface area contributed by atoms with Crippen molar-refractivity contribution in [3.63, 3.8) is 0 Å². The highest BCUT2D eigenvalue weighted by atomic mass is 16.5. The first-order chi connectivity index (χ1) is 9.51. The van der Waals surface area contributed by atoms with Crippen molar-refractivity contribution < 1.29 is 9.53 Å². The van der Waals surface area contributed by atoms with Gasteiger partial charge in [-0.05, 0) is 32.4 Å². The molecule has 0 aliphatic carbocycles. The molecule has 1 aliphatic rings. The van der Waals surface area contributed by atoms with E-state index in [1.165, 1.54) is 0 Å². The van der Waals surface area contributed by atoms with Gasteiger partial charge in [-0.2, -0.15) is 0 Å². The van der Waals surface area contributed by atoms with Crippen LogP contribution in [0.3, 0.4) is 0 Å². The van der Waals surface area contributed by atoms with Gasteiger partial charge in [0.15, 0.2) is 0 Å². The van der Waals surface area contributed by atoms with Crippen LogP contribution in [-0.2, 0) is 4.79 Å². The van der Waals surface area contributed by atoms with Crippen LogP contribution in [0.1, 0.15) is 20.3 Å². The molecule has 3 N–H and O–H groups in total. The van der Waals surface area contributed by atoms with Crippen molar-refractivity contribution in [1.82, 2.24) is 5.32 Å². The van der Waals surface area contributed by atoms with Crippen LogP contribution in [0.5, 0.6) is 5.75 Å². The predicted octanol–water partition coefficient (Wildman–Crippen LogP) is 1.63. The Morgan fingerprint density at radius 2 is 2.30 bits per heavy atom. The number of para-hydroxylation sites is 1. The van der Waals surface area contributed by atoms with Gasteiger partial charge in [0, 0.05) is 20.1 Å². The molecule has 1 amide bonds. The van der Waals surface area contributed by atoms with Gasteiger partial charge >= 0.3 is 0 Å². The second-order valence-corrected chi connectivity index (χ2v) is 5.43. The minimum Gasteiger partial charge on any atom is -0.492 e. The van der Waals surface area contributed by atoms with Crippen molar-refractivity contribution in [2.24, 2.45) is 5.41 Å². The monoisotopic (exact) mass is 277 g/mol. The third-order valence-corrected chi connectivity index (χ3v) is 3.93. The zero-order valence-electron chi connectivity index (χ0n) is 12.4. The van der Waals surface area contributed by atoms with E-state index < -0.39 is 0 Å². The Hall–Kier alpha value is -1.91. The molecule has 1 aromatic carbocycles. The third kappa shape index (κ3) is 2.53. The molecule has 0 radical (unpaired) electrons. The zero-order chi connectivity index (χ0) is 14.8. The summed E-state index contributed by atoms with van der Waals surface area (Å²) in [5, 5.41) is 2.74. The molecule has 1 atom stereocenters. The Morgan fingerprint density at radius 1 is 1.55 bits per heavy atom. The summed E-state index contributed by atoms with van der Waals surface area (Å²) in [7, 11) is 1.68. The quantitative estimate of drug-likeness (QED) is 0.821. The number of nitrogens with two attached hydrogens (primary N) is 1. The molecule has 1 aliphatic heterocycles. The lowest BCUT2D eigenvalue weighted by atomic mass is 9.89. The van der Waals surface area contributed by atoms with Gasteiger partial charge in [-0.1, -0.05) is 6.07 Å². The van der Waals surface area contributed by atoms with Gasteiger partial charge in [-0.15, -0.1) is 0 Å². The van der Waals surface area contributed by atoms with Crippen LogP contribution in [0.4, 0.5) is 11.4 Å². The maximum absolute atomic E-state index is 12.0. The second-order valence-electron chi connectivity index (χ2n) is 5.43. The lowest BCUT2D eigenvalue weighted by Gasteiger charge is -2.25. The van der Waals surface area contributed by atoms with E-state index in [2.05, 4.69) is 10.2 Å². The summed E-state index contributed by atoms with van der Waals surface area (Å²) in [5.41, 5.74) is 7.42. The average molecular weight is 277 g/mol. The van der Waals surface area contributed by atoms with Crippen LogP contribution in [-0.4, -0.2) is 32.7 Å². The number of anilines is 2. The number of carbonyl (C=O) groups excluding carboxylic acids is 1. The van der Waals surface area contributed by atoms with Crippen LogP contribution in [0.25, 0.3) is 0 Å². The van der Waals surface area contributed by atoms with Gasteiger partial charge in [0.05, 0.1) is 23.4 Å².